The van der Waals surface area contributed by atoms with Crippen LogP contribution >= 0.6 is 0 Å². The number of aliphatic hydroxyl groups excluding tert-OH is 1. The summed E-state index contributed by atoms with van der Waals surface area (Å²) in [5.74, 6) is 1.18. The van der Waals surface area contributed by atoms with Gasteiger partial charge in [0.25, 0.3) is 0 Å². The number of nitrogens with two attached hydrogens (primary N) is 1. The average molecular weight is 209 g/mol. The van der Waals surface area contributed by atoms with E-state index in [1.165, 1.54) is 0 Å². The smallest absolute Gasteiger partial charge is 0.127 e. The van der Waals surface area contributed by atoms with Crippen molar-refractivity contribution >= 4 is 0 Å². The molecular weight excluding hydrogens is 190 g/mol. The Hall–Kier alpha value is -1.06. The van der Waals surface area contributed by atoms with Crippen molar-refractivity contribution in [1.29, 1.82) is 0 Å². The van der Waals surface area contributed by atoms with Gasteiger partial charge in [-0.15, -0.1) is 0 Å². The monoisotopic (exact) mass is 209 g/mol. The van der Waals surface area contributed by atoms with E-state index in [0.717, 1.165) is 16.9 Å². The van der Waals surface area contributed by atoms with Gasteiger partial charge < -0.3 is 15.6 Å². The second kappa shape index (κ2) is 5.14. The van der Waals surface area contributed by atoms with E-state index >= 15 is 0 Å². The van der Waals surface area contributed by atoms with E-state index in [1.54, 1.807) is 7.11 Å². The molecule has 0 fully saturated rings. The Morgan fingerprint density at radius 3 is 2.40 bits per heavy atom. The summed E-state index contributed by atoms with van der Waals surface area (Å²) < 4.78 is 5.37. The lowest BCUT2D eigenvalue weighted by molar-refractivity contribution is 0.264. The van der Waals surface area contributed by atoms with Crippen LogP contribution in [-0.4, -0.2) is 18.8 Å². The van der Waals surface area contributed by atoms with Gasteiger partial charge in [0.05, 0.1) is 19.8 Å². The molecule has 1 aromatic carbocycles. The standard InChI is InChI=1S/C12H19NO2/c1-8(2)9-5-4-6-10(11(13)7-14)12(9)15-3/h4-6,8,11,14H,7,13H2,1-3H3. The highest BCUT2D eigenvalue weighted by Crippen LogP contribution is 2.32. The van der Waals surface area contributed by atoms with Crippen LogP contribution < -0.4 is 10.5 Å². The highest BCUT2D eigenvalue weighted by molar-refractivity contribution is 5.44. The first kappa shape index (κ1) is 12.0. The number of methoxy groups -OCH3 is 1. The fraction of sp³-hybridized carbons (Fsp3) is 0.500. The molecule has 3 heteroatoms. The normalized spacial score (nSPS) is 12.9. The maximum Gasteiger partial charge on any atom is 0.127 e. The summed E-state index contributed by atoms with van der Waals surface area (Å²) in [6, 6.07) is 5.49. The fourth-order valence-corrected chi connectivity index (χ4v) is 1.65. The molecule has 0 bridgehead atoms. The van der Waals surface area contributed by atoms with Crippen molar-refractivity contribution in [3.8, 4) is 5.75 Å². The molecule has 1 unspecified atom stereocenters. The van der Waals surface area contributed by atoms with Crippen molar-refractivity contribution in [2.75, 3.05) is 13.7 Å². The Balaban J connectivity index is 3.22. The van der Waals surface area contributed by atoms with Gasteiger partial charge in [0.1, 0.15) is 5.75 Å². The lowest BCUT2D eigenvalue weighted by atomic mass is 9.96. The third-order valence-corrected chi connectivity index (χ3v) is 2.50. The number of benzene rings is 1. The van der Waals surface area contributed by atoms with Crippen molar-refractivity contribution in [1.82, 2.24) is 0 Å². The van der Waals surface area contributed by atoms with Gasteiger partial charge in [-0.05, 0) is 11.5 Å². The molecule has 0 saturated carbocycles. The Labute approximate surface area is 90.9 Å². The van der Waals surface area contributed by atoms with E-state index in [2.05, 4.69) is 13.8 Å². The zero-order chi connectivity index (χ0) is 11.4. The predicted octanol–water partition coefficient (Wildman–Crippen LogP) is 1.81. The van der Waals surface area contributed by atoms with E-state index in [9.17, 15) is 0 Å². The molecule has 0 aliphatic rings. The van der Waals surface area contributed by atoms with Crippen LogP contribution in [0.25, 0.3) is 0 Å². The molecule has 84 valence electrons. The van der Waals surface area contributed by atoms with Gasteiger partial charge in [0.2, 0.25) is 0 Å². The average Bonchev–Trinajstić information content (AvgIpc) is 2.26. The molecule has 0 radical (unpaired) electrons. The fourth-order valence-electron chi connectivity index (χ4n) is 1.65. The molecule has 3 nitrogen and oxygen atoms in total. The lowest BCUT2D eigenvalue weighted by Crippen LogP contribution is -2.16. The van der Waals surface area contributed by atoms with E-state index in [-0.39, 0.29) is 12.6 Å². The lowest BCUT2D eigenvalue weighted by Gasteiger charge is -2.18. The van der Waals surface area contributed by atoms with Crippen LogP contribution in [0.4, 0.5) is 0 Å². The zero-order valence-electron chi connectivity index (χ0n) is 9.53. The summed E-state index contributed by atoms with van der Waals surface area (Å²) in [7, 11) is 1.63. The van der Waals surface area contributed by atoms with Crippen LogP contribution in [0.15, 0.2) is 18.2 Å². The van der Waals surface area contributed by atoms with Gasteiger partial charge >= 0.3 is 0 Å². The van der Waals surface area contributed by atoms with Crippen LogP contribution in [0.3, 0.4) is 0 Å². The maximum atomic E-state index is 9.06. The van der Waals surface area contributed by atoms with Crippen LogP contribution in [0.1, 0.15) is 36.9 Å². The van der Waals surface area contributed by atoms with Gasteiger partial charge in [-0.3, -0.25) is 0 Å². The first-order valence-electron chi connectivity index (χ1n) is 5.15. The van der Waals surface area contributed by atoms with Crippen LogP contribution in [0.2, 0.25) is 0 Å². The predicted molar refractivity (Wildman–Crippen MR) is 61.1 cm³/mol. The van der Waals surface area contributed by atoms with E-state index in [1.807, 2.05) is 18.2 Å². The molecule has 1 aromatic rings. The second-order valence-electron chi connectivity index (χ2n) is 3.91. The van der Waals surface area contributed by atoms with E-state index in [4.69, 9.17) is 15.6 Å². The molecule has 1 rings (SSSR count). The molecule has 3 N–H and O–H groups in total. The minimum Gasteiger partial charge on any atom is -0.496 e. The zero-order valence-corrected chi connectivity index (χ0v) is 9.53. The minimum atomic E-state index is -0.376. The van der Waals surface area contributed by atoms with Crippen LogP contribution in [0, 0.1) is 0 Å². The molecule has 1 atom stereocenters. The van der Waals surface area contributed by atoms with Crippen molar-refractivity contribution in [3.05, 3.63) is 29.3 Å². The Morgan fingerprint density at radius 1 is 1.33 bits per heavy atom. The van der Waals surface area contributed by atoms with E-state index < -0.39 is 0 Å². The summed E-state index contributed by atoms with van der Waals surface area (Å²) in [5, 5.41) is 9.06. The molecule has 0 heterocycles. The molecule has 15 heavy (non-hydrogen) atoms. The first-order valence-corrected chi connectivity index (χ1v) is 5.15. The van der Waals surface area contributed by atoms with Crippen molar-refractivity contribution in [2.24, 2.45) is 5.73 Å². The molecule has 0 aliphatic heterocycles. The van der Waals surface area contributed by atoms with Gasteiger partial charge in [-0.2, -0.15) is 0 Å². The molecule has 0 aliphatic carbocycles. The molecular formula is C12H19NO2. The SMILES string of the molecule is COc1c(C(C)C)cccc1C(N)CO. The van der Waals surface area contributed by atoms with Gasteiger partial charge in [0, 0.05) is 5.56 Å². The minimum absolute atomic E-state index is 0.0715. The second-order valence-corrected chi connectivity index (χ2v) is 3.91. The number of rotatable bonds is 4. The Morgan fingerprint density at radius 2 is 1.93 bits per heavy atom. The largest absolute Gasteiger partial charge is 0.496 e. The third kappa shape index (κ3) is 2.49. The van der Waals surface area contributed by atoms with Gasteiger partial charge in [0.15, 0.2) is 0 Å². The number of aliphatic hydroxyl groups is 1. The highest BCUT2D eigenvalue weighted by atomic mass is 16.5. The topological polar surface area (TPSA) is 55.5 Å². The Kier molecular flexibility index (Phi) is 4.12. The first-order chi connectivity index (χ1) is 7.11. The number of ether oxygens (including phenoxy) is 1. The van der Waals surface area contributed by atoms with Crippen LogP contribution in [-0.2, 0) is 0 Å². The summed E-state index contributed by atoms with van der Waals surface area (Å²) in [4.78, 5) is 0. The van der Waals surface area contributed by atoms with E-state index in [0.29, 0.717) is 5.92 Å². The summed E-state index contributed by atoms with van der Waals surface area (Å²) in [6.45, 7) is 4.14. The number of para-hydroxylation sites is 1. The van der Waals surface area contributed by atoms with Gasteiger partial charge in [-0.25, -0.2) is 0 Å². The quantitative estimate of drug-likeness (QED) is 0.795. The molecule has 0 amide bonds. The third-order valence-electron chi connectivity index (χ3n) is 2.50. The Bertz CT molecular complexity index is 323. The maximum absolute atomic E-state index is 9.06. The number of hydrogen-bond donors (Lipinski definition) is 2. The summed E-state index contributed by atoms with van der Waals surface area (Å²) >= 11 is 0. The highest BCUT2D eigenvalue weighted by Gasteiger charge is 2.15. The molecule has 0 spiro atoms. The van der Waals surface area contributed by atoms with Gasteiger partial charge in [-0.1, -0.05) is 32.0 Å². The summed E-state index contributed by atoms with van der Waals surface area (Å²) in [5.41, 5.74) is 7.80. The van der Waals surface area contributed by atoms with Crippen LogP contribution in [0.5, 0.6) is 5.75 Å². The van der Waals surface area contributed by atoms with Crippen molar-refractivity contribution in [3.63, 3.8) is 0 Å². The molecule has 0 aromatic heterocycles. The van der Waals surface area contributed by atoms with Crippen molar-refractivity contribution < 1.29 is 9.84 Å². The van der Waals surface area contributed by atoms with Crippen molar-refractivity contribution in [2.45, 2.75) is 25.8 Å². The summed E-state index contributed by atoms with van der Waals surface area (Å²) in [6.07, 6.45) is 0. The molecule has 0 saturated heterocycles. The number of hydrogen-bond acceptors (Lipinski definition) is 3.